The van der Waals surface area contributed by atoms with Gasteiger partial charge in [0, 0.05) is 35.5 Å². The van der Waals surface area contributed by atoms with E-state index < -0.39 is 0 Å². The van der Waals surface area contributed by atoms with Crippen molar-refractivity contribution in [2.24, 2.45) is 5.73 Å². The standard InChI is InChI=1S/C11H17BrN2S2/c1-8-7-15-5-4-14(8)9(6-13)10-2-3-11(12)16-10/h2-3,8-9H,4-7,13H2,1H3. The third-order valence-electron chi connectivity index (χ3n) is 2.97. The SMILES string of the molecule is CC1CSCCN1C(CN)c1ccc(Br)s1. The van der Waals surface area contributed by atoms with Gasteiger partial charge in [0.1, 0.15) is 0 Å². The first-order valence-electron chi connectivity index (χ1n) is 5.51. The van der Waals surface area contributed by atoms with Gasteiger partial charge in [0.15, 0.2) is 0 Å². The summed E-state index contributed by atoms with van der Waals surface area (Å²) < 4.78 is 1.19. The van der Waals surface area contributed by atoms with Crippen LogP contribution in [0.4, 0.5) is 0 Å². The molecule has 1 aliphatic heterocycles. The van der Waals surface area contributed by atoms with Gasteiger partial charge < -0.3 is 5.73 Å². The molecule has 0 bridgehead atoms. The second-order valence-corrected chi connectivity index (χ2v) is 7.70. The molecule has 2 heterocycles. The Kier molecular flexibility index (Phi) is 4.73. The summed E-state index contributed by atoms with van der Waals surface area (Å²) in [4.78, 5) is 3.93. The molecule has 1 aromatic heterocycles. The second kappa shape index (κ2) is 5.87. The lowest BCUT2D eigenvalue weighted by Crippen LogP contribution is -2.44. The molecule has 90 valence electrons. The average molecular weight is 321 g/mol. The van der Waals surface area contributed by atoms with Gasteiger partial charge in [-0.15, -0.1) is 11.3 Å². The number of hydrogen-bond donors (Lipinski definition) is 1. The highest BCUT2D eigenvalue weighted by atomic mass is 79.9. The molecule has 0 spiro atoms. The Morgan fingerprint density at radius 1 is 1.62 bits per heavy atom. The highest BCUT2D eigenvalue weighted by Gasteiger charge is 2.27. The van der Waals surface area contributed by atoms with Crippen LogP contribution in [0.2, 0.25) is 0 Å². The van der Waals surface area contributed by atoms with Gasteiger partial charge in [-0.25, -0.2) is 0 Å². The third-order valence-corrected chi connectivity index (χ3v) is 5.88. The molecule has 1 aromatic rings. The van der Waals surface area contributed by atoms with Crippen LogP contribution in [-0.4, -0.2) is 35.5 Å². The normalized spacial score (nSPS) is 24.6. The maximum atomic E-state index is 5.95. The maximum Gasteiger partial charge on any atom is 0.0702 e. The van der Waals surface area contributed by atoms with E-state index in [2.05, 4.69) is 39.9 Å². The molecule has 1 saturated heterocycles. The van der Waals surface area contributed by atoms with E-state index in [1.165, 1.54) is 20.2 Å². The van der Waals surface area contributed by atoms with E-state index in [0.717, 1.165) is 6.54 Å². The molecule has 1 fully saturated rings. The summed E-state index contributed by atoms with van der Waals surface area (Å²) in [6, 6.07) is 5.34. The molecule has 0 aromatic carbocycles. The number of thioether (sulfide) groups is 1. The largest absolute Gasteiger partial charge is 0.329 e. The van der Waals surface area contributed by atoms with Gasteiger partial charge in [-0.2, -0.15) is 11.8 Å². The van der Waals surface area contributed by atoms with Crippen LogP contribution in [0, 0.1) is 0 Å². The van der Waals surface area contributed by atoms with Crippen LogP contribution in [0.25, 0.3) is 0 Å². The predicted octanol–water partition coefficient (Wildman–Crippen LogP) is 2.95. The van der Waals surface area contributed by atoms with E-state index >= 15 is 0 Å². The molecular weight excluding hydrogens is 304 g/mol. The Bertz CT molecular complexity index is 342. The Balaban J connectivity index is 2.14. The number of hydrogen-bond acceptors (Lipinski definition) is 4. The Morgan fingerprint density at radius 2 is 2.44 bits per heavy atom. The minimum absolute atomic E-state index is 0.396. The number of nitrogens with two attached hydrogens (primary N) is 1. The quantitative estimate of drug-likeness (QED) is 0.928. The highest BCUT2D eigenvalue weighted by Crippen LogP contribution is 2.33. The molecule has 0 aliphatic carbocycles. The molecule has 0 saturated carbocycles. The predicted molar refractivity (Wildman–Crippen MR) is 77.3 cm³/mol. The van der Waals surface area contributed by atoms with Crippen LogP contribution in [0.5, 0.6) is 0 Å². The van der Waals surface area contributed by atoms with Crippen molar-refractivity contribution in [3.05, 3.63) is 20.8 Å². The lowest BCUT2D eigenvalue weighted by molar-refractivity contribution is 0.168. The minimum Gasteiger partial charge on any atom is -0.329 e. The van der Waals surface area contributed by atoms with E-state index in [9.17, 15) is 0 Å². The molecular formula is C11H17BrN2S2. The van der Waals surface area contributed by atoms with Crippen molar-refractivity contribution in [2.45, 2.75) is 19.0 Å². The zero-order valence-electron chi connectivity index (χ0n) is 9.36. The Hall–Kier alpha value is 0.450. The lowest BCUT2D eigenvalue weighted by atomic mass is 10.1. The number of nitrogens with zero attached hydrogens (tertiary/aromatic N) is 1. The zero-order valence-corrected chi connectivity index (χ0v) is 12.6. The van der Waals surface area contributed by atoms with Crippen molar-refractivity contribution in [1.29, 1.82) is 0 Å². The topological polar surface area (TPSA) is 29.3 Å². The smallest absolute Gasteiger partial charge is 0.0702 e. The lowest BCUT2D eigenvalue weighted by Gasteiger charge is -2.38. The fourth-order valence-electron chi connectivity index (χ4n) is 2.13. The van der Waals surface area contributed by atoms with E-state index in [4.69, 9.17) is 5.73 Å². The first kappa shape index (κ1) is 12.9. The van der Waals surface area contributed by atoms with Gasteiger partial charge in [-0.1, -0.05) is 0 Å². The molecule has 1 aliphatic rings. The summed E-state index contributed by atoms with van der Waals surface area (Å²) >= 11 is 7.37. The zero-order chi connectivity index (χ0) is 11.5. The molecule has 0 radical (unpaired) electrons. The molecule has 2 rings (SSSR count). The fourth-order valence-corrected chi connectivity index (χ4v) is 4.72. The number of rotatable bonds is 3. The van der Waals surface area contributed by atoms with Crippen molar-refractivity contribution in [3.63, 3.8) is 0 Å². The monoisotopic (exact) mass is 320 g/mol. The molecule has 2 unspecified atom stereocenters. The van der Waals surface area contributed by atoms with Crippen molar-refractivity contribution < 1.29 is 0 Å². The van der Waals surface area contributed by atoms with Crippen molar-refractivity contribution in [2.75, 3.05) is 24.6 Å². The van der Waals surface area contributed by atoms with Crippen molar-refractivity contribution in [3.8, 4) is 0 Å². The van der Waals surface area contributed by atoms with Crippen LogP contribution in [0.15, 0.2) is 15.9 Å². The molecule has 0 amide bonds. The van der Waals surface area contributed by atoms with Gasteiger partial charge in [0.2, 0.25) is 0 Å². The first-order valence-corrected chi connectivity index (χ1v) is 8.27. The summed E-state index contributed by atoms with van der Waals surface area (Å²) in [6.07, 6.45) is 0. The van der Waals surface area contributed by atoms with Crippen LogP contribution in [0.1, 0.15) is 17.8 Å². The number of thiophene rings is 1. The van der Waals surface area contributed by atoms with E-state index in [1.807, 2.05) is 11.8 Å². The Morgan fingerprint density at radius 3 is 3.00 bits per heavy atom. The molecule has 5 heteroatoms. The maximum absolute atomic E-state index is 5.95. The summed E-state index contributed by atoms with van der Waals surface area (Å²) in [5, 5.41) is 0. The second-order valence-electron chi connectivity index (χ2n) is 4.06. The van der Waals surface area contributed by atoms with Gasteiger partial charge in [-0.05, 0) is 35.0 Å². The van der Waals surface area contributed by atoms with E-state index in [-0.39, 0.29) is 0 Å². The van der Waals surface area contributed by atoms with Crippen LogP contribution in [-0.2, 0) is 0 Å². The van der Waals surface area contributed by atoms with E-state index in [0.29, 0.717) is 18.6 Å². The van der Waals surface area contributed by atoms with Gasteiger partial charge >= 0.3 is 0 Å². The number of halogens is 1. The molecule has 2 nitrogen and oxygen atoms in total. The van der Waals surface area contributed by atoms with Gasteiger partial charge in [0.05, 0.1) is 9.83 Å². The van der Waals surface area contributed by atoms with Gasteiger partial charge in [-0.3, -0.25) is 4.90 Å². The highest BCUT2D eigenvalue weighted by molar-refractivity contribution is 9.11. The summed E-state index contributed by atoms with van der Waals surface area (Å²) in [7, 11) is 0. The van der Waals surface area contributed by atoms with Crippen LogP contribution < -0.4 is 5.73 Å². The fraction of sp³-hybridized carbons (Fsp3) is 0.636. The van der Waals surface area contributed by atoms with E-state index in [1.54, 1.807) is 11.3 Å². The minimum atomic E-state index is 0.396. The summed E-state index contributed by atoms with van der Waals surface area (Å²) in [6.45, 7) is 4.17. The summed E-state index contributed by atoms with van der Waals surface area (Å²) in [5.41, 5.74) is 5.95. The van der Waals surface area contributed by atoms with Gasteiger partial charge in [0.25, 0.3) is 0 Å². The van der Waals surface area contributed by atoms with Crippen LogP contribution in [0.3, 0.4) is 0 Å². The average Bonchev–Trinajstić information content (AvgIpc) is 2.69. The Labute approximate surface area is 114 Å². The van der Waals surface area contributed by atoms with Crippen molar-refractivity contribution >= 4 is 39.0 Å². The molecule has 2 N–H and O–H groups in total. The first-order chi connectivity index (χ1) is 7.72. The van der Waals surface area contributed by atoms with Crippen LogP contribution >= 0.6 is 39.0 Å². The van der Waals surface area contributed by atoms with Crippen molar-refractivity contribution in [1.82, 2.24) is 4.90 Å². The molecule has 2 atom stereocenters. The third kappa shape index (κ3) is 2.82. The summed E-state index contributed by atoms with van der Waals surface area (Å²) in [5.74, 6) is 2.45. The molecule has 16 heavy (non-hydrogen) atoms.